The number of hydrogen-bond acceptors (Lipinski definition) is 2. The first-order valence-corrected chi connectivity index (χ1v) is 6.57. The zero-order valence-corrected chi connectivity index (χ0v) is 10.5. The van der Waals surface area contributed by atoms with E-state index in [1.807, 2.05) is 0 Å². The lowest BCUT2D eigenvalue weighted by Crippen LogP contribution is -2.36. The highest BCUT2D eigenvalue weighted by Gasteiger charge is 2.19. The summed E-state index contributed by atoms with van der Waals surface area (Å²) < 4.78 is 0. The van der Waals surface area contributed by atoms with Crippen molar-refractivity contribution in [2.24, 2.45) is 0 Å². The van der Waals surface area contributed by atoms with E-state index in [9.17, 15) is 4.79 Å². The van der Waals surface area contributed by atoms with Crippen molar-refractivity contribution in [2.75, 3.05) is 6.54 Å². The molecule has 0 aliphatic carbocycles. The van der Waals surface area contributed by atoms with Crippen molar-refractivity contribution in [3.8, 4) is 0 Å². The van der Waals surface area contributed by atoms with E-state index in [1.165, 1.54) is 24.8 Å². The Bertz CT molecular complexity index is 361. The highest BCUT2D eigenvalue weighted by atomic mass is 16.1. The van der Waals surface area contributed by atoms with Crippen LogP contribution in [0.25, 0.3) is 0 Å². The summed E-state index contributed by atoms with van der Waals surface area (Å²) in [5.74, 6) is 0.343. The molecule has 2 nitrogen and oxygen atoms in total. The molecule has 2 rings (SSSR count). The van der Waals surface area contributed by atoms with E-state index in [0.29, 0.717) is 12.2 Å². The third-order valence-electron chi connectivity index (χ3n) is 3.45. The zero-order valence-electron chi connectivity index (χ0n) is 10.5. The largest absolute Gasteiger partial charge is 0.307 e. The fourth-order valence-electron chi connectivity index (χ4n) is 2.33. The van der Waals surface area contributed by atoms with Crippen LogP contribution in [-0.2, 0) is 11.2 Å². The van der Waals surface area contributed by atoms with Crippen molar-refractivity contribution in [3.05, 3.63) is 35.4 Å². The molecule has 0 amide bonds. The third-order valence-corrected chi connectivity index (χ3v) is 3.45. The SMILES string of the molecule is Cc1ccc(CC(=O)C2CCCCCN2)cc1. The molecule has 0 bridgehead atoms. The molecule has 0 radical (unpaired) electrons. The fourth-order valence-corrected chi connectivity index (χ4v) is 2.33. The third kappa shape index (κ3) is 3.67. The summed E-state index contributed by atoms with van der Waals surface area (Å²) in [4.78, 5) is 12.1. The predicted octanol–water partition coefficient (Wildman–Crippen LogP) is 2.64. The second-order valence-corrected chi connectivity index (χ2v) is 4.98. The molecule has 1 aliphatic rings. The maximum atomic E-state index is 12.1. The van der Waals surface area contributed by atoms with Gasteiger partial charge in [-0.3, -0.25) is 4.79 Å². The van der Waals surface area contributed by atoms with E-state index in [2.05, 4.69) is 36.5 Å². The predicted molar refractivity (Wildman–Crippen MR) is 70.1 cm³/mol. The van der Waals surface area contributed by atoms with Crippen molar-refractivity contribution in [2.45, 2.75) is 45.1 Å². The van der Waals surface area contributed by atoms with Gasteiger partial charge in [0.15, 0.2) is 5.78 Å². The number of aryl methyl sites for hydroxylation is 1. The number of hydrogen-bond donors (Lipinski definition) is 1. The van der Waals surface area contributed by atoms with Gasteiger partial charge in [0.1, 0.15) is 0 Å². The Balaban J connectivity index is 1.93. The van der Waals surface area contributed by atoms with Gasteiger partial charge in [-0.15, -0.1) is 0 Å². The lowest BCUT2D eigenvalue weighted by Gasteiger charge is -2.14. The molecular weight excluding hydrogens is 210 g/mol. The average Bonchev–Trinajstić information content (AvgIpc) is 2.61. The van der Waals surface area contributed by atoms with Gasteiger partial charge in [0, 0.05) is 6.42 Å². The fraction of sp³-hybridized carbons (Fsp3) is 0.533. The Hall–Kier alpha value is -1.15. The molecule has 1 N–H and O–H groups in total. The zero-order chi connectivity index (χ0) is 12.1. The molecule has 1 unspecified atom stereocenters. The molecule has 17 heavy (non-hydrogen) atoms. The van der Waals surface area contributed by atoms with Gasteiger partial charge in [-0.25, -0.2) is 0 Å². The van der Waals surface area contributed by atoms with E-state index in [4.69, 9.17) is 0 Å². The molecule has 1 aromatic rings. The molecule has 0 aromatic heterocycles. The minimum Gasteiger partial charge on any atom is -0.307 e. The van der Waals surface area contributed by atoms with Gasteiger partial charge in [0.05, 0.1) is 6.04 Å². The number of ketones is 1. The van der Waals surface area contributed by atoms with Gasteiger partial charge < -0.3 is 5.32 Å². The highest BCUT2D eigenvalue weighted by molar-refractivity contribution is 5.86. The molecule has 2 heteroatoms. The van der Waals surface area contributed by atoms with Crippen LogP contribution in [0.5, 0.6) is 0 Å². The van der Waals surface area contributed by atoms with Crippen molar-refractivity contribution < 1.29 is 4.79 Å². The van der Waals surface area contributed by atoms with Crippen LogP contribution >= 0.6 is 0 Å². The molecule has 92 valence electrons. The summed E-state index contributed by atoms with van der Waals surface area (Å²) in [5, 5.41) is 3.36. The second-order valence-electron chi connectivity index (χ2n) is 4.98. The van der Waals surface area contributed by atoms with E-state index < -0.39 is 0 Å². The van der Waals surface area contributed by atoms with E-state index in [0.717, 1.165) is 18.5 Å². The summed E-state index contributed by atoms with van der Waals surface area (Å²) >= 11 is 0. The van der Waals surface area contributed by atoms with Gasteiger partial charge in [0.25, 0.3) is 0 Å². The molecule has 1 aromatic carbocycles. The number of rotatable bonds is 3. The van der Waals surface area contributed by atoms with Crippen molar-refractivity contribution in [1.29, 1.82) is 0 Å². The van der Waals surface area contributed by atoms with Crippen molar-refractivity contribution in [1.82, 2.24) is 5.32 Å². The van der Waals surface area contributed by atoms with E-state index in [1.54, 1.807) is 0 Å². The smallest absolute Gasteiger partial charge is 0.154 e. The first kappa shape index (κ1) is 12.3. The Morgan fingerprint density at radius 1 is 1.24 bits per heavy atom. The molecule has 1 atom stereocenters. The number of nitrogens with one attached hydrogen (secondary N) is 1. The molecule has 0 spiro atoms. The van der Waals surface area contributed by atoms with Gasteiger partial charge in [-0.2, -0.15) is 0 Å². The maximum absolute atomic E-state index is 12.1. The van der Waals surface area contributed by atoms with Gasteiger partial charge in [-0.1, -0.05) is 42.7 Å². The van der Waals surface area contributed by atoms with E-state index >= 15 is 0 Å². The standard InChI is InChI=1S/C15H21NO/c1-12-6-8-13(9-7-12)11-15(17)14-5-3-2-4-10-16-14/h6-9,14,16H,2-5,10-11H2,1H3. The highest BCUT2D eigenvalue weighted by Crippen LogP contribution is 2.12. The molecule has 1 fully saturated rings. The van der Waals surface area contributed by atoms with Crippen molar-refractivity contribution in [3.63, 3.8) is 0 Å². The molecule has 1 saturated heterocycles. The van der Waals surface area contributed by atoms with Crippen LogP contribution in [0.2, 0.25) is 0 Å². The van der Waals surface area contributed by atoms with Gasteiger partial charge >= 0.3 is 0 Å². The Labute approximate surface area is 103 Å². The first-order valence-electron chi connectivity index (χ1n) is 6.57. The normalized spacial score (nSPS) is 20.9. The lowest BCUT2D eigenvalue weighted by atomic mass is 10.00. The minimum absolute atomic E-state index is 0.0822. The Morgan fingerprint density at radius 2 is 2.00 bits per heavy atom. The number of Topliss-reactive ketones (excluding diaryl/α,β-unsaturated/α-hetero) is 1. The lowest BCUT2D eigenvalue weighted by molar-refractivity contribution is -0.120. The van der Waals surface area contributed by atoms with Crippen LogP contribution in [0.15, 0.2) is 24.3 Å². The van der Waals surface area contributed by atoms with Crippen LogP contribution in [0.1, 0.15) is 36.8 Å². The molecule has 1 aliphatic heterocycles. The van der Waals surface area contributed by atoms with Crippen LogP contribution in [-0.4, -0.2) is 18.4 Å². The topological polar surface area (TPSA) is 29.1 Å². The summed E-state index contributed by atoms with van der Waals surface area (Å²) in [6, 6.07) is 8.35. The Morgan fingerprint density at radius 3 is 2.76 bits per heavy atom. The van der Waals surface area contributed by atoms with E-state index in [-0.39, 0.29) is 6.04 Å². The van der Waals surface area contributed by atoms with Crippen LogP contribution in [0.4, 0.5) is 0 Å². The second kappa shape index (κ2) is 5.97. The van der Waals surface area contributed by atoms with Crippen LogP contribution < -0.4 is 5.32 Å². The number of carbonyl (C=O) groups excluding carboxylic acids is 1. The summed E-state index contributed by atoms with van der Waals surface area (Å²) in [5.41, 5.74) is 2.38. The Kier molecular flexibility index (Phi) is 4.32. The first-order chi connectivity index (χ1) is 8.25. The monoisotopic (exact) mass is 231 g/mol. The quantitative estimate of drug-likeness (QED) is 0.866. The molecule has 0 saturated carbocycles. The van der Waals surface area contributed by atoms with Crippen LogP contribution in [0, 0.1) is 6.92 Å². The van der Waals surface area contributed by atoms with Crippen molar-refractivity contribution >= 4 is 5.78 Å². The number of benzene rings is 1. The summed E-state index contributed by atoms with van der Waals surface area (Å²) in [6.45, 7) is 3.06. The molecular formula is C15H21NO. The van der Waals surface area contributed by atoms with Crippen LogP contribution in [0.3, 0.4) is 0 Å². The minimum atomic E-state index is 0.0822. The number of carbonyl (C=O) groups is 1. The molecule has 1 heterocycles. The summed E-state index contributed by atoms with van der Waals surface area (Å²) in [7, 11) is 0. The van der Waals surface area contributed by atoms with Gasteiger partial charge in [-0.05, 0) is 31.9 Å². The summed E-state index contributed by atoms with van der Waals surface area (Å²) in [6.07, 6.45) is 5.20. The van der Waals surface area contributed by atoms with Gasteiger partial charge in [0.2, 0.25) is 0 Å². The maximum Gasteiger partial charge on any atom is 0.154 e. The average molecular weight is 231 g/mol.